The number of Topliss-reactive ketones (excluding diaryl/α,β-unsaturated/α-hetero) is 1. The average Bonchev–Trinajstić information content (AvgIpc) is 3.35. The molecular formula is C49H97NO29. The van der Waals surface area contributed by atoms with Crippen molar-refractivity contribution in [3.05, 3.63) is 0 Å². The van der Waals surface area contributed by atoms with Gasteiger partial charge in [0.1, 0.15) is 72.4 Å². The smallest absolute Gasteiger partial charge is 0.335 e. The summed E-state index contributed by atoms with van der Waals surface area (Å²) in [6, 6.07) is -0.324. The van der Waals surface area contributed by atoms with Crippen molar-refractivity contribution in [2.75, 3.05) is 34.4 Å². The molecule has 0 saturated carbocycles. The molecular weight excluding hydrogens is 1070 g/mol. The third kappa shape index (κ3) is 18.6. The van der Waals surface area contributed by atoms with Gasteiger partial charge in [-0.2, -0.15) is 0 Å². The molecule has 0 aromatic rings. The maximum atomic E-state index is 14.1. The second kappa shape index (κ2) is 32.6. The first-order chi connectivity index (χ1) is 34.6. The van der Waals surface area contributed by atoms with Gasteiger partial charge in [-0.3, -0.25) is 9.59 Å². The number of methoxy groups -OCH3 is 1. The van der Waals surface area contributed by atoms with Crippen molar-refractivity contribution in [3.63, 3.8) is 0 Å². The zero-order chi connectivity index (χ0) is 57.6. The van der Waals surface area contributed by atoms with Crippen molar-refractivity contribution in [2.24, 2.45) is 23.7 Å². The molecule has 4 rings (SSSR count). The summed E-state index contributed by atoms with van der Waals surface area (Å²) in [7, 11) is 5.18. The number of aliphatic carboxylic acids is 1. The molecule has 0 spiro atoms. The molecule has 0 unspecified atom stereocenters. The summed E-state index contributed by atoms with van der Waals surface area (Å²) in [4.78, 5) is 40.5. The van der Waals surface area contributed by atoms with E-state index in [0.717, 1.165) is 0 Å². The lowest BCUT2D eigenvalue weighted by Gasteiger charge is -2.49. The van der Waals surface area contributed by atoms with Crippen LogP contribution in [0.3, 0.4) is 0 Å². The van der Waals surface area contributed by atoms with Gasteiger partial charge in [0.15, 0.2) is 25.0 Å². The third-order valence-corrected chi connectivity index (χ3v) is 15.4. The van der Waals surface area contributed by atoms with Crippen LogP contribution < -0.4 is 0 Å². The molecule has 4 saturated heterocycles. The number of hydrogen-bond acceptors (Lipinski definition) is 25. The lowest BCUT2D eigenvalue weighted by atomic mass is 9.74. The summed E-state index contributed by atoms with van der Waals surface area (Å²) in [5.41, 5.74) is -4.84. The van der Waals surface area contributed by atoms with Crippen molar-refractivity contribution in [1.82, 2.24) is 4.90 Å². The highest BCUT2D eigenvalue weighted by Crippen LogP contribution is 2.41. The number of ketones is 1. The molecule has 4 aliphatic rings. The molecule has 4 fully saturated rings. The largest absolute Gasteiger partial charge is 0.479 e. The van der Waals surface area contributed by atoms with Crippen molar-refractivity contribution in [2.45, 2.75) is 234 Å². The number of carboxylic acid groups (broad SMARTS) is 1. The minimum absolute atomic E-state index is 0. The molecule has 0 bridgehead atoms. The second-order valence-electron chi connectivity index (χ2n) is 21.8. The minimum Gasteiger partial charge on any atom is -0.479 e. The van der Waals surface area contributed by atoms with Gasteiger partial charge < -0.3 is 136 Å². The number of aliphatic hydroxyl groups is 13. The number of rotatable bonds is 15. The lowest BCUT2D eigenvalue weighted by molar-refractivity contribution is -0.326. The van der Waals surface area contributed by atoms with Gasteiger partial charge in [-0.15, -0.1) is 0 Å². The van der Waals surface area contributed by atoms with E-state index in [9.17, 15) is 70.6 Å². The number of esters is 1. The standard InChI is InChI=1S/C37H67NO13.C12H22O12.4H2O/c1-14-25-37(10,45)30(41)20(4)27(39)18(2)16-35(8,44)32(51-34-28(40)24(38(11)12)15-19(3)47-34)21(5)29(22(6)33(43)49-25)50-26-17-36(9,46-13)31(42)23(7)48-26;13-1-3(15)10(7(18)8(19)11(21)22)24-12-9(20)6(17)5(16)4(2-14)23-12;;;;/h18-26,28-32,34,40-42,44-45H,14-17H2,1-13H3;3-10,12-20H,1-2H2,(H,21,22);4*1H2/t18-,19-,20+,21+,22-,23+,24+,25-,26+,28-,29+,30-,31+,32-,34+,35-,36-,37-;3-,4-,5+,6+,7-,8-,9-,10-,12+;;;;/m11..../s1. The van der Waals surface area contributed by atoms with Crippen LogP contribution in [0, 0.1) is 23.7 Å². The molecule has 30 heteroatoms. The van der Waals surface area contributed by atoms with Crippen LogP contribution in [0.1, 0.15) is 94.9 Å². The second-order valence-corrected chi connectivity index (χ2v) is 21.8. The van der Waals surface area contributed by atoms with Crippen LogP contribution in [0.2, 0.25) is 0 Å². The van der Waals surface area contributed by atoms with Gasteiger partial charge >= 0.3 is 11.9 Å². The molecule has 4 aliphatic heterocycles. The molecule has 0 amide bonds. The molecule has 27 atom stereocenters. The SMILES string of the molecule is CC[C@H]1OC(=O)[C@H](C)[C@@H](O[C@H]2C[C@@](C)(OC)[C@@H](O)[C@H](C)O2)[C@H](C)[C@@H](O[C@@H]2O[C@H](C)C[C@H](N(C)C)[C@H]2O)[C@](C)(O)C[C@@H](C)C(=O)[C@H](C)[C@@H](O)[C@]1(C)O.O.O.O.O.O=C(O)[C@H](O)[C@@H](O)[C@H](O[C@@H]1O[C@H](CO)[C@H](O)[C@H](O)[C@H]1O)[C@H](O)CO. The Morgan fingerprint density at radius 1 is 0.772 bits per heavy atom. The summed E-state index contributed by atoms with van der Waals surface area (Å²) in [6.45, 7) is 14.6. The molecule has 30 nitrogen and oxygen atoms in total. The summed E-state index contributed by atoms with van der Waals surface area (Å²) >= 11 is 0. The Morgan fingerprint density at radius 2 is 1.34 bits per heavy atom. The van der Waals surface area contributed by atoms with E-state index in [0.29, 0.717) is 6.42 Å². The van der Waals surface area contributed by atoms with Gasteiger partial charge in [-0.25, -0.2) is 4.79 Å². The highest BCUT2D eigenvalue weighted by atomic mass is 16.7. The first-order valence-corrected chi connectivity index (χ1v) is 25.5. The van der Waals surface area contributed by atoms with Crippen LogP contribution in [0.25, 0.3) is 0 Å². The number of ether oxygens (including phenoxy) is 8. The van der Waals surface area contributed by atoms with Crippen LogP contribution in [0.15, 0.2) is 0 Å². The van der Waals surface area contributed by atoms with E-state index in [1.807, 2.05) is 25.9 Å². The average molecular weight is 1160 g/mol. The van der Waals surface area contributed by atoms with E-state index >= 15 is 0 Å². The van der Waals surface area contributed by atoms with Crippen molar-refractivity contribution in [1.29, 1.82) is 0 Å². The van der Waals surface area contributed by atoms with E-state index < -0.39 is 182 Å². The predicted octanol–water partition coefficient (Wildman–Crippen LogP) is -7.18. The minimum atomic E-state index is -2.39. The summed E-state index contributed by atoms with van der Waals surface area (Å²) in [5.74, 6) is -6.81. The number of carboxylic acids is 1. The first-order valence-electron chi connectivity index (χ1n) is 25.5. The Bertz CT molecular complexity index is 1800. The van der Waals surface area contributed by atoms with Crippen LogP contribution in [-0.4, -0.2) is 290 Å². The third-order valence-electron chi connectivity index (χ3n) is 15.4. The van der Waals surface area contributed by atoms with E-state index in [1.165, 1.54) is 27.9 Å². The molecule has 22 N–H and O–H groups in total. The molecule has 0 aromatic heterocycles. The van der Waals surface area contributed by atoms with Crippen LogP contribution >= 0.6 is 0 Å². The maximum absolute atomic E-state index is 14.1. The van der Waals surface area contributed by atoms with Crippen LogP contribution in [-0.2, 0) is 52.3 Å². The maximum Gasteiger partial charge on any atom is 0.335 e. The summed E-state index contributed by atoms with van der Waals surface area (Å²) in [6.07, 6.45) is -26.6. The van der Waals surface area contributed by atoms with Gasteiger partial charge in [-0.1, -0.05) is 27.7 Å². The molecule has 0 radical (unpaired) electrons. The molecule has 79 heavy (non-hydrogen) atoms. The number of cyclic esters (lactones) is 1. The Kier molecular flexibility index (Phi) is 32.5. The van der Waals surface area contributed by atoms with E-state index in [-0.39, 0.29) is 53.3 Å². The zero-order valence-corrected chi connectivity index (χ0v) is 47.3. The summed E-state index contributed by atoms with van der Waals surface area (Å²) in [5, 5.41) is 142. The van der Waals surface area contributed by atoms with Crippen molar-refractivity contribution < 1.29 is 146 Å². The zero-order valence-electron chi connectivity index (χ0n) is 47.3. The molecule has 472 valence electrons. The van der Waals surface area contributed by atoms with Crippen molar-refractivity contribution >= 4 is 17.7 Å². The van der Waals surface area contributed by atoms with Crippen LogP contribution in [0.4, 0.5) is 0 Å². The molecule has 0 aliphatic carbocycles. The lowest BCUT2D eigenvalue weighted by Crippen LogP contribution is -2.61. The monoisotopic (exact) mass is 1160 g/mol. The first kappa shape index (κ1) is 78.7. The number of nitrogens with zero attached hydrogens (tertiary/aromatic N) is 1. The van der Waals surface area contributed by atoms with Gasteiger partial charge in [0, 0.05) is 37.3 Å². The highest BCUT2D eigenvalue weighted by Gasteiger charge is 2.54. The predicted molar refractivity (Wildman–Crippen MR) is 272 cm³/mol. The van der Waals surface area contributed by atoms with Gasteiger partial charge in [0.05, 0.1) is 60.9 Å². The number of carbonyl (C=O) groups is 3. The number of likely N-dealkylation sites (N-methyl/N-ethyl adjacent to an activating group) is 1. The van der Waals surface area contributed by atoms with E-state index in [1.54, 1.807) is 41.5 Å². The summed E-state index contributed by atoms with van der Waals surface area (Å²) < 4.78 is 47.0. The van der Waals surface area contributed by atoms with Gasteiger partial charge in [-0.05, 0) is 74.9 Å². The number of hydrogen-bond donors (Lipinski definition) is 14. The Balaban J connectivity index is 0. The fraction of sp³-hybridized carbons (Fsp3) is 0.939. The quantitative estimate of drug-likeness (QED) is 0.0678. The Hall–Kier alpha value is -2.39. The topological polar surface area (TPSA) is 538 Å². The normalized spacial score (nSPS) is 43.0. The van der Waals surface area contributed by atoms with Gasteiger partial charge in [0.25, 0.3) is 0 Å². The Labute approximate surface area is 459 Å². The highest BCUT2D eigenvalue weighted by molar-refractivity contribution is 5.83. The van der Waals surface area contributed by atoms with E-state index in [4.69, 9.17) is 53.2 Å². The molecule has 4 heterocycles. The van der Waals surface area contributed by atoms with Crippen LogP contribution in [0.5, 0.6) is 0 Å². The number of carbonyl (C=O) groups excluding carboxylic acids is 2. The van der Waals surface area contributed by atoms with Gasteiger partial charge in [0.2, 0.25) is 0 Å². The fourth-order valence-corrected chi connectivity index (χ4v) is 10.6. The van der Waals surface area contributed by atoms with Crippen molar-refractivity contribution in [3.8, 4) is 0 Å². The molecule has 0 aromatic carbocycles. The fourth-order valence-electron chi connectivity index (χ4n) is 10.6. The van der Waals surface area contributed by atoms with E-state index in [2.05, 4.69) is 0 Å². The number of aliphatic hydroxyl groups excluding tert-OH is 11. The Morgan fingerprint density at radius 3 is 1.84 bits per heavy atom.